The monoisotopic (exact) mass is 615 g/mol. The Labute approximate surface area is 239 Å². The summed E-state index contributed by atoms with van der Waals surface area (Å²) in [4.78, 5) is 29.0. The Morgan fingerprint density at radius 3 is 2.15 bits per heavy atom. The summed E-state index contributed by atoms with van der Waals surface area (Å²) in [5, 5.41) is 2.94. The molecule has 39 heavy (non-hydrogen) atoms. The molecule has 2 amide bonds. The van der Waals surface area contributed by atoms with Gasteiger partial charge in [0.15, 0.2) is 0 Å². The standard InChI is InChI=1S/C29H34BrN3O5S/c1-21(2)31-29(35)27(18-22-9-6-5-7-10-22)32(19-23-11-8-12-24(30)17-23)28(34)20-33(39(4,36)37)25-13-15-26(38-3)16-14-25/h5-17,21,27H,18-20H2,1-4H3,(H,31,35)/t27-/m1/s1. The number of benzene rings is 3. The van der Waals surface area contributed by atoms with Gasteiger partial charge >= 0.3 is 0 Å². The molecular weight excluding hydrogens is 582 g/mol. The normalized spacial score (nSPS) is 12.1. The molecule has 10 heteroatoms. The van der Waals surface area contributed by atoms with E-state index >= 15 is 0 Å². The third kappa shape index (κ3) is 8.83. The van der Waals surface area contributed by atoms with Crippen molar-refractivity contribution in [3.05, 3.63) is 94.5 Å². The summed E-state index contributed by atoms with van der Waals surface area (Å²) in [6, 6.07) is 22.3. The molecule has 0 spiro atoms. The molecule has 0 aliphatic rings. The average Bonchev–Trinajstić information content (AvgIpc) is 2.89. The van der Waals surface area contributed by atoms with E-state index in [1.54, 1.807) is 24.3 Å². The summed E-state index contributed by atoms with van der Waals surface area (Å²) in [6.45, 7) is 3.35. The number of nitrogens with zero attached hydrogens (tertiary/aromatic N) is 2. The third-order valence-corrected chi connectivity index (χ3v) is 7.62. The van der Waals surface area contributed by atoms with Crippen LogP contribution in [-0.2, 0) is 32.6 Å². The minimum atomic E-state index is -3.83. The zero-order valence-electron chi connectivity index (χ0n) is 22.5. The highest BCUT2D eigenvalue weighted by Crippen LogP contribution is 2.23. The van der Waals surface area contributed by atoms with Gasteiger partial charge in [0.25, 0.3) is 0 Å². The van der Waals surface area contributed by atoms with Gasteiger partial charge in [-0.1, -0.05) is 58.4 Å². The van der Waals surface area contributed by atoms with Gasteiger partial charge in [0.2, 0.25) is 21.8 Å². The maximum absolute atomic E-state index is 14.0. The van der Waals surface area contributed by atoms with Gasteiger partial charge in [-0.15, -0.1) is 0 Å². The van der Waals surface area contributed by atoms with E-state index in [0.717, 1.165) is 26.2 Å². The van der Waals surface area contributed by atoms with Crippen molar-refractivity contribution in [2.24, 2.45) is 0 Å². The van der Waals surface area contributed by atoms with Gasteiger partial charge in [-0.2, -0.15) is 0 Å². The Kier molecular flexibility index (Phi) is 10.5. The minimum absolute atomic E-state index is 0.113. The zero-order chi connectivity index (χ0) is 28.6. The molecule has 0 aliphatic carbocycles. The highest BCUT2D eigenvalue weighted by atomic mass is 79.9. The van der Waals surface area contributed by atoms with Gasteiger partial charge < -0.3 is 15.0 Å². The Hall–Kier alpha value is -3.37. The van der Waals surface area contributed by atoms with E-state index in [4.69, 9.17) is 4.74 Å². The second kappa shape index (κ2) is 13.6. The highest BCUT2D eigenvalue weighted by Gasteiger charge is 2.33. The van der Waals surface area contributed by atoms with E-state index in [1.807, 2.05) is 68.4 Å². The third-order valence-electron chi connectivity index (χ3n) is 5.98. The molecule has 0 heterocycles. The van der Waals surface area contributed by atoms with Crippen molar-refractivity contribution < 1.29 is 22.7 Å². The van der Waals surface area contributed by atoms with Crippen LogP contribution in [0.4, 0.5) is 5.69 Å². The number of carbonyl (C=O) groups excluding carboxylic acids is 2. The van der Waals surface area contributed by atoms with Crippen LogP contribution in [0.5, 0.6) is 5.75 Å². The maximum atomic E-state index is 14.0. The first kappa shape index (κ1) is 30.2. The lowest BCUT2D eigenvalue weighted by molar-refractivity contribution is -0.140. The van der Waals surface area contributed by atoms with Crippen LogP contribution in [-0.4, -0.2) is 57.1 Å². The Morgan fingerprint density at radius 2 is 1.59 bits per heavy atom. The van der Waals surface area contributed by atoms with E-state index in [9.17, 15) is 18.0 Å². The molecule has 0 unspecified atom stereocenters. The second-order valence-corrected chi connectivity index (χ2v) is 12.3. The fraction of sp³-hybridized carbons (Fsp3) is 0.310. The van der Waals surface area contributed by atoms with Crippen LogP contribution in [0.25, 0.3) is 0 Å². The first-order valence-corrected chi connectivity index (χ1v) is 15.1. The lowest BCUT2D eigenvalue weighted by atomic mass is 10.0. The van der Waals surface area contributed by atoms with Crippen LogP contribution in [0, 0.1) is 0 Å². The van der Waals surface area contributed by atoms with Crippen molar-refractivity contribution in [3.8, 4) is 5.75 Å². The van der Waals surface area contributed by atoms with Gasteiger partial charge in [0.05, 0.1) is 19.1 Å². The molecule has 0 bridgehead atoms. The SMILES string of the molecule is COc1ccc(N(CC(=O)N(Cc2cccc(Br)c2)[C@H](Cc2ccccc2)C(=O)NC(C)C)S(C)(=O)=O)cc1. The highest BCUT2D eigenvalue weighted by molar-refractivity contribution is 9.10. The summed E-state index contributed by atoms with van der Waals surface area (Å²) in [6.07, 6.45) is 1.32. The molecule has 1 N–H and O–H groups in total. The van der Waals surface area contributed by atoms with Crippen molar-refractivity contribution in [3.63, 3.8) is 0 Å². The second-order valence-electron chi connectivity index (χ2n) is 9.49. The van der Waals surface area contributed by atoms with Gasteiger partial charge in [0.1, 0.15) is 18.3 Å². The number of carbonyl (C=O) groups is 2. The lowest BCUT2D eigenvalue weighted by Gasteiger charge is -2.34. The van der Waals surface area contributed by atoms with E-state index < -0.39 is 28.5 Å². The molecule has 0 radical (unpaired) electrons. The maximum Gasteiger partial charge on any atom is 0.244 e. The molecule has 3 aromatic rings. The van der Waals surface area contributed by atoms with Crippen LogP contribution in [0.1, 0.15) is 25.0 Å². The van der Waals surface area contributed by atoms with Gasteiger partial charge in [-0.25, -0.2) is 8.42 Å². The summed E-state index contributed by atoms with van der Waals surface area (Å²) in [5.74, 6) is -0.258. The molecule has 0 saturated carbocycles. The summed E-state index contributed by atoms with van der Waals surface area (Å²) in [7, 11) is -2.32. The number of hydrogen-bond acceptors (Lipinski definition) is 5. The lowest BCUT2D eigenvalue weighted by Crippen LogP contribution is -2.54. The number of hydrogen-bond donors (Lipinski definition) is 1. The van der Waals surface area contributed by atoms with Crippen molar-refractivity contribution in [2.75, 3.05) is 24.2 Å². The molecule has 8 nitrogen and oxygen atoms in total. The van der Waals surface area contributed by atoms with Crippen LogP contribution in [0.15, 0.2) is 83.3 Å². The smallest absolute Gasteiger partial charge is 0.244 e. The van der Waals surface area contributed by atoms with E-state index in [-0.39, 0.29) is 24.9 Å². The summed E-state index contributed by atoms with van der Waals surface area (Å²) in [5.41, 5.74) is 1.99. The van der Waals surface area contributed by atoms with Gasteiger partial charge in [0, 0.05) is 23.5 Å². The Balaban J connectivity index is 2.04. The molecular formula is C29H34BrN3O5S. The number of sulfonamides is 1. The number of methoxy groups -OCH3 is 1. The molecule has 208 valence electrons. The molecule has 1 atom stereocenters. The number of anilines is 1. The number of halogens is 1. The number of amides is 2. The zero-order valence-corrected chi connectivity index (χ0v) is 24.9. The number of rotatable bonds is 12. The average molecular weight is 617 g/mol. The van der Waals surface area contributed by atoms with Crippen LogP contribution in [0.2, 0.25) is 0 Å². The minimum Gasteiger partial charge on any atom is -0.497 e. The summed E-state index contributed by atoms with van der Waals surface area (Å²) >= 11 is 3.47. The Bertz CT molecular complexity index is 1370. The van der Waals surface area contributed by atoms with E-state index in [0.29, 0.717) is 11.4 Å². The van der Waals surface area contributed by atoms with Crippen LogP contribution in [0.3, 0.4) is 0 Å². The van der Waals surface area contributed by atoms with Gasteiger partial charge in [-0.3, -0.25) is 13.9 Å². The van der Waals surface area contributed by atoms with Gasteiger partial charge in [-0.05, 0) is 61.4 Å². The predicted octanol–water partition coefficient (Wildman–Crippen LogP) is 4.39. The molecule has 0 aliphatic heterocycles. The first-order valence-electron chi connectivity index (χ1n) is 12.5. The molecule has 0 saturated heterocycles. The fourth-order valence-corrected chi connectivity index (χ4v) is 5.43. The molecule has 3 aromatic carbocycles. The quantitative estimate of drug-likeness (QED) is 0.326. The first-order chi connectivity index (χ1) is 18.5. The molecule has 3 rings (SSSR count). The van der Waals surface area contributed by atoms with Crippen molar-refractivity contribution in [1.82, 2.24) is 10.2 Å². The fourth-order valence-electron chi connectivity index (χ4n) is 4.13. The Morgan fingerprint density at radius 1 is 0.949 bits per heavy atom. The summed E-state index contributed by atoms with van der Waals surface area (Å²) < 4.78 is 32.7. The van der Waals surface area contributed by atoms with E-state index in [1.165, 1.54) is 12.0 Å². The number of nitrogens with one attached hydrogen (secondary N) is 1. The molecule has 0 aromatic heterocycles. The largest absolute Gasteiger partial charge is 0.497 e. The topological polar surface area (TPSA) is 96.0 Å². The van der Waals surface area contributed by atoms with Crippen molar-refractivity contribution in [1.29, 1.82) is 0 Å². The number of ether oxygens (including phenoxy) is 1. The van der Waals surface area contributed by atoms with Crippen molar-refractivity contribution in [2.45, 2.75) is 38.9 Å². The molecule has 0 fully saturated rings. The predicted molar refractivity (Wildman–Crippen MR) is 157 cm³/mol. The van der Waals surface area contributed by atoms with Crippen LogP contribution < -0.4 is 14.4 Å². The van der Waals surface area contributed by atoms with Crippen molar-refractivity contribution >= 4 is 43.5 Å². The van der Waals surface area contributed by atoms with E-state index in [2.05, 4.69) is 21.2 Å². The van der Waals surface area contributed by atoms with Crippen LogP contribution >= 0.6 is 15.9 Å².